The van der Waals surface area contributed by atoms with E-state index in [4.69, 9.17) is 4.74 Å². The highest BCUT2D eigenvalue weighted by Gasteiger charge is 2.26. The Labute approximate surface area is 157 Å². The molecular formula is C20H25N3O4. The predicted octanol–water partition coefficient (Wildman–Crippen LogP) is 2.09. The third-order valence-electron chi connectivity index (χ3n) is 5.20. The number of hydrogen-bond donors (Lipinski definition) is 2. The first-order chi connectivity index (χ1) is 13.0. The maximum Gasteiger partial charge on any atom is 0.312 e. The molecule has 1 aliphatic rings. The summed E-state index contributed by atoms with van der Waals surface area (Å²) in [7, 11) is 0. The molecule has 0 spiro atoms. The maximum absolute atomic E-state index is 12.4. The molecule has 27 heavy (non-hydrogen) atoms. The lowest BCUT2D eigenvalue weighted by molar-refractivity contribution is -0.154. The van der Waals surface area contributed by atoms with Crippen LogP contribution >= 0.6 is 0 Å². The van der Waals surface area contributed by atoms with Gasteiger partial charge in [0.25, 0.3) is 11.5 Å². The normalized spacial score (nSPS) is 20.8. The molecular weight excluding hydrogens is 346 g/mol. The molecule has 0 unspecified atom stereocenters. The summed E-state index contributed by atoms with van der Waals surface area (Å²) in [4.78, 5) is 36.4. The Morgan fingerprint density at radius 3 is 2.70 bits per heavy atom. The van der Waals surface area contributed by atoms with E-state index in [0.717, 1.165) is 19.3 Å². The predicted molar refractivity (Wildman–Crippen MR) is 101 cm³/mol. The van der Waals surface area contributed by atoms with Crippen LogP contribution < -0.4 is 10.9 Å². The van der Waals surface area contributed by atoms with Crippen molar-refractivity contribution < 1.29 is 14.3 Å². The number of aromatic nitrogens is 2. The van der Waals surface area contributed by atoms with Gasteiger partial charge in [-0.05, 0) is 31.7 Å². The molecule has 1 aliphatic carbocycles. The zero-order valence-electron chi connectivity index (χ0n) is 15.7. The van der Waals surface area contributed by atoms with Gasteiger partial charge >= 0.3 is 5.97 Å². The lowest BCUT2D eigenvalue weighted by Gasteiger charge is -2.30. The SMILES string of the molecule is C[C@@H]1CCCC[C@H]1NC(=O)[C@@H](C)OC(=O)Cc1n[nH]c(=O)c2ccccc12. The molecule has 1 fully saturated rings. The number of carbonyl (C=O) groups excluding carboxylic acids is 2. The van der Waals surface area contributed by atoms with Gasteiger partial charge in [0.2, 0.25) is 0 Å². The van der Waals surface area contributed by atoms with Crippen molar-refractivity contribution in [3.8, 4) is 0 Å². The molecule has 0 bridgehead atoms. The van der Waals surface area contributed by atoms with Gasteiger partial charge in [0, 0.05) is 11.4 Å². The second kappa shape index (κ2) is 8.33. The summed E-state index contributed by atoms with van der Waals surface area (Å²) in [5.41, 5.74) is 0.112. The Hall–Kier alpha value is -2.70. The fraction of sp³-hybridized carbons (Fsp3) is 0.500. The van der Waals surface area contributed by atoms with Gasteiger partial charge in [-0.2, -0.15) is 5.10 Å². The molecule has 7 nitrogen and oxygen atoms in total. The smallest absolute Gasteiger partial charge is 0.312 e. The van der Waals surface area contributed by atoms with Crippen molar-refractivity contribution in [2.75, 3.05) is 0 Å². The van der Waals surface area contributed by atoms with Crippen molar-refractivity contribution in [3.63, 3.8) is 0 Å². The van der Waals surface area contributed by atoms with E-state index in [-0.39, 0.29) is 23.9 Å². The number of benzene rings is 1. The second-order valence-corrected chi connectivity index (χ2v) is 7.23. The standard InChI is InChI=1S/C20H25N3O4/c1-12-7-3-6-10-16(12)21-19(25)13(2)27-18(24)11-17-14-8-4-5-9-15(14)20(26)23-22-17/h4-5,8-9,12-13,16H,3,6-7,10-11H2,1-2H3,(H,21,25)(H,23,26)/t12-,13-,16-/m1/s1. The van der Waals surface area contributed by atoms with E-state index in [9.17, 15) is 14.4 Å². The van der Waals surface area contributed by atoms with Crippen LogP contribution in [0.3, 0.4) is 0 Å². The van der Waals surface area contributed by atoms with Gasteiger partial charge < -0.3 is 10.1 Å². The molecule has 0 radical (unpaired) electrons. The van der Waals surface area contributed by atoms with Gasteiger partial charge in [-0.15, -0.1) is 0 Å². The number of H-pyrrole nitrogens is 1. The number of amides is 1. The third-order valence-corrected chi connectivity index (χ3v) is 5.20. The Morgan fingerprint density at radius 1 is 1.26 bits per heavy atom. The lowest BCUT2D eigenvalue weighted by Crippen LogP contribution is -2.46. The van der Waals surface area contributed by atoms with Crippen molar-refractivity contribution in [1.29, 1.82) is 0 Å². The summed E-state index contributed by atoms with van der Waals surface area (Å²) >= 11 is 0. The molecule has 1 amide bonds. The molecule has 1 aromatic heterocycles. The fourth-order valence-corrected chi connectivity index (χ4v) is 3.57. The lowest BCUT2D eigenvalue weighted by atomic mass is 9.86. The first-order valence-electron chi connectivity index (χ1n) is 9.42. The van der Waals surface area contributed by atoms with Crippen molar-refractivity contribution in [1.82, 2.24) is 15.5 Å². The van der Waals surface area contributed by atoms with Crippen LogP contribution in [0.15, 0.2) is 29.1 Å². The molecule has 1 heterocycles. The Balaban J connectivity index is 1.61. The number of hydrogen-bond acceptors (Lipinski definition) is 5. The van der Waals surface area contributed by atoms with Crippen LogP contribution in [-0.4, -0.2) is 34.2 Å². The quantitative estimate of drug-likeness (QED) is 0.784. The zero-order valence-corrected chi connectivity index (χ0v) is 15.7. The summed E-state index contributed by atoms with van der Waals surface area (Å²) in [6.45, 7) is 3.70. The fourth-order valence-electron chi connectivity index (χ4n) is 3.57. The van der Waals surface area contributed by atoms with Gasteiger partial charge in [0.15, 0.2) is 6.10 Å². The highest BCUT2D eigenvalue weighted by Crippen LogP contribution is 2.23. The van der Waals surface area contributed by atoms with Crippen LogP contribution in [0.25, 0.3) is 10.8 Å². The Bertz CT molecular complexity index is 892. The molecule has 3 rings (SSSR count). The van der Waals surface area contributed by atoms with Crippen molar-refractivity contribution in [2.24, 2.45) is 5.92 Å². The molecule has 1 saturated carbocycles. The number of fused-ring (bicyclic) bond motifs is 1. The molecule has 0 saturated heterocycles. The Morgan fingerprint density at radius 2 is 1.96 bits per heavy atom. The minimum atomic E-state index is -0.874. The highest BCUT2D eigenvalue weighted by atomic mass is 16.5. The minimum absolute atomic E-state index is 0.116. The molecule has 2 aromatic rings. The van der Waals surface area contributed by atoms with Crippen LogP contribution in [0.1, 0.15) is 45.2 Å². The molecule has 7 heteroatoms. The monoisotopic (exact) mass is 371 g/mol. The van der Waals surface area contributed by atoms with Crippen LogP contribution in [0, 0.1) is 5.92 Å². The van der Waals surface area contributed by atoms with Crippen LogP contribution in [-0.2, 0) is 20.7 Å². The summed E-state index contributed by atoms with van der Waals surface area (Å²) < 4.78 is 5.29. The van der Waals surface area contributed by atoms with Crippen molar-refractivity contribution >= 4 is 22.6 Å². The molecule has 3 atom stereocenters. The van der Waals surface area contributed by atoms with Crippen LogP contribution in [0.4, 0.5) is 0 Å². The van der Waals surface area contributed by atoms with E-state index >= 15 is 0 Å². The van der Waals surface area contributed by atoms with Gasteiger partial charge in [0.05, 0.1) is 17.5 Å². The second-order valence-electron chi connectivity index (χ2n) is 7.23. The van der Waals surface area contributed by atoms with Gasteiger partial charge in [-0.3, -0.25) is 14.4 Å². The van der Waals surface area contributed by atoms with Crippen LogP contribution in [0.5, 0.6) is 0 Å². The van der Waals surface area contributed by atoms with E-state index in [1.165, 1.54) is 6.42 Å². The summed E-state index contributed by atoms with van der Waals surface area (Å²) in [6, 6.07) is 7.07. The first-order valence-corrected chi connectivity index (χ1v) is 9.42. The van der Waals surface area contributed by atoms with Gasteiger partial charge in [-0.1, -0.05) is 38.0 Å². The topological polar surface area (TPSA) is 101 Å². The van der Waals surface area contributed by atoms with E-state index in [0.29, 0.717) is 22.4 Å². The summed E-state index contributed by atoms with van der Waals surface area (Å²) in [5.74, 6) is -0.400. The number of esters is 1. The van der Waals surface area contributed by atoms with E-state index in [2.05, 4.69) is 22.4 Å². The van der Waals surface area contributed by atoms with Crippen molar-refractivity contribution in [3.05, 3.63) is 40.3 Å². The minimum Gasteiger partial charge on any atom is -0.452 e. The number of nitrogens with one attached hydrogen (secondary N) is 2. The van der Waals surface area contributed by atoms with E-state index < -0.39 is 12.1 Å². The highest BCUT2D eigenvalue weighted by molar-refractivity contribution is 5.88. The van der Waals surface area contributed by atoms with Crippen molar-refractivity contribution in [2.45, 2.75) is 58.1 Å². The number of aromatic amines is 1. The Kier molecular flexibility index (Phi) is 5.88. The number of ether oxygens (including phenoxy) is 1. The zero-order chi connectivity index (χ0) is 19.4. The number of nitrogens with zero attached hydrogens (tertiary/aromatic N) is 1. The average molecular weight is 371 g/mol. The first kappa shape index (κ1) is 19.1. The number of rotatable bonds is 5. The molecule has 144 valence electrons. The summed E-state index contributed by atoms with van der Waals surface area (Å²) in [6.07, 6.45) is 3.37. The van der Waals surface area contributed by atoms with E-state index in [1.54, 1.807) is 31.2 Å². The largest absolute Gasteiger partial charge is 0.452 e. The average Bonchev–Trinajstić information content (AvgIpc) is 2.66. The van der Waals surface area contributed by atoms with Crippen LogP contribution in [0.2, 0.25) is 0 Å². The maximum atomic E-state index is 12.4. The van der Waals surface area contributed by atoms with Gasteiger partial charge in [0.1, 0.15) is 0 Å². The molecule has 0 aliphatic heterocycles. The summed E-state index contributed by atoms with van der Waals surface area (Å²) in [5, 5.41) is 10.4. The van der Waals surface area contributed by atoms with Gasteiger partial charge in [-0.25, -0.2) is 5.10 Å². The molecule has 2 N–H and O–H groups in total. The van der Waals surface area contributed by atoms with E-state index in [1.807, 2.05) is 0 Å². The third kappa shape index (κ3) is 4.53. The number of carbonyl (C=O) groups is 2. The molecule has 1 aromatic carbocycles.